The zero-order valence-electron chi connectivity index (χ0n) is 12.6. The van der Waals surface area contributed by atoms with Crippen LogP contribution in [0.1, 0.15) is 6.92 Å². The highest BCUT2D eigenvalue weighted by molar-refractivity contribution is 5.97. The lowest BCUT2D eigenvalue weighted by molar-refractivity contribution is -0.141. The zero-order chi connectivity index (χ0) is 15.9. The van der Waals surface area contributed by atoms with E-state index in [4.69, 9.17) is 4.74 Å². The number of rotatable bonds is 5. The van der Waals surface area contributed by atoms with E-state index < -0.39 is 5.97 Å². The quantitative estimate of drug-likeness (QED) is 0.653. The molecule has 0 spiro atoms. The molecule has 1 aromatic rings. The molecule has 2 heterocycles. The molecule has 7 heteroatoms. The average molecular weight is 304 g/mol. The van der Waals surface area contributed by atoms with Crippen LogP contribution in [0.25, 0.3) is 0 Å². The number of fused-ring (bicyclic) bond motifs is 1. The van der Waals surface area contributed by atoms with Gasteiger partial charge in [0.05, 0.1) is 12.3 Å². The molecule has 0 fully saturated rings. The normalized spacial score (nSPS) is 13.3. The summed E-state index contributed by atoms with van der Waals surface area (Å²) in [5.41, 5.74) is 0.719. The molecule has 22 heavy (non-hydrogen) atoms. The van der Waals surface area contributed by atoms with Gasteiger partial charge in [-0.15, -0.1) is 6.58 Å². The van der Waals surface area contributed by atoms with Gasteiger partial charge >= 0.3 is 12.0 Å². The van der Waals surface area contributed by atoms with E-state index in [2.05, 4.69) is 21.8 Å². The summed E-state index contributed by atoms with van der Waals surface area (Å²) in [6.45, 7) is 7.45. The van der Waals surface area contributed by atoms with Crippen molar-refractivity contribution >= 4 is 23.5 Å². The highest BCUT2D eigenvalue weighted by Gasteiger charge is 2.27. The zero-order valence-corrected chi connectivity index (χ0v) is 12.6. The fourth-order valence-electron chi connectivity index (χ4n) is 2.29. The highest BCUT2D eigenvalue weighted by atomic mass is 16.5. The van der Waals surface area contributed by atoms with Crippen LogP contribution in [-0.4, -0.2) is 49.8 Å². The SMILES string of the molecule is C=CCN1CCN(C(=O)NCC(=O)OCC)c2cccnc21. The van der Waals surface area contributed by atoms with Gasteiger partial charge in [0, 0.05) is 25.8 Å². The number of aromatic nitrogens is 1. The summed E-state index contributed by atoms with van der Waals surface area (Å²) in [4.78, 5) is 31.6. The highest BCUT2D eigenvalue weighted by Crippen LogP contribution is 2.30. The van der Waals surface area contributed by atoms with Gasteiger partial charge in [-0.3, -0.25) is 9.69 Å². The van der Waals surface area contributed by atoms with Gasteiger partial charge in [0.1, 0.15) is 6.54 Å². The molecule has 118 valence electrons. The Morgan fingerprint density at radius 3 is 3.05 bits per heavy atom. The molecule has 0 atom stereocenters. The van der Waals surface area contributed by atoms with E-state index in [1.54, 1.807) is 30.2 Å². The third-order valence-corrected chi connectivity index (χ3v) is 3.23. The number of carbonyl (C=O) groups excluding carboxylic acids is 2. The standard InChI is InChI=1S/C15H20N4O3/c1-3-8-18-9-10-19(12-6-5-7-16-14(12)18)15(21)17-11-13(20)22-4-2/h3,5-7H,1,4,8-11H2,2H3,(H,17,21). The number of carbonyl (C=O) groups is 2. The van der Waals surface area contributed by atoms with Crippen molar-refractivity contribution in [1.82, 2.24) is 10.3 Å². The lowest BCUT2D eigenvalue weighted by Gasteiger charge is -2.35. The number of urea groups is 1. The minimum atomic E-state index is -0.451. The van der Waals surface area contributed by atoms with Crippen molar-refractivity contribution in [3.63, 3.8) is 0 Å². The van der Waals surface area contributed by atoms with Crippen molar-refractivity contribution in [2.24, 2.45) is 0 Å². The molecule has 0 saturated heterocycles. The minimum Gasteiger partial charge on any atom is -0.465 e. The maximum absolute atomic E-state index is 12.3. The van der Waals surface area contributed by atoms with E-state index in [1.165, 1.54) is 0 Å². The van der Waals surface area contributed by atoms with E-state index in [-0.39, 0.29) is 12.6 Å². The Morgan fingerprint density at radius 1 is 1.50 bits per heavy atom. The second kappa shape index (κ2) is 7.44. The molecule has 2 amide bonds. The summed E-state index contributed by atoms with van der Waals surface area (Å²) >= 11 is 0. The van der Waals surface area contributed by atoms with Gasteiger partial charge in [0.2, 0.25) is 0 Å². The molecule has 1 aromatic heterocycles. The summed E-state index contributed by atoms with van der Waals surface area (Å²) in [6, 6.07) is 3.28. The molecular weight excluding hydrogens is 284 g/mol. The number of hydrogen-bond donors (Lipinski definition) is 1. The largest absolute Gasteiger partial charge is 0.465 e. The van der Waals surface area contributed by atoms with Crippen LogP contribution in [0.2, 0.25) is 0 Å². The van der Waals surface area contributed by atoms with Gasteiger partial charge < -0.3 is 15.0 Å². The van der Waals surface area contributed by atoms with E-state index in [0.717, 1.165) is 11.5 Å². The first-order chi connectivity index (χ1) is 10.7. The number of esters is 1. The smallest absolute Gasteiger partial charge is 0.325 e. The predicted octanol–water partition coefficient (Wildman–Crippen LogP) is 1.17. The molecular formula is C15H20N4O3. The molecule has 1 aliphatic rings. The molecule has 0 saturated carbocycles. The number of pyridine rings is 1. The maximum atomic E-state index is 12.3. The van der Waals surface area contributed by atoms with Crippen LogP contribution in [0.5, 0.6) is 0 Å². The molecule has 0 radical (unpaired) electrons. The lowest BCUT2D eigenvalue weighted by Crippen LogP contribution is -2.49. The first kappa shape index (κ1) is 15.8. The molecule has 0 bridgehead atoms. The first-order valence-electron chi connectivity index (χ1n) is 7.19. The van der Waals surface area contributed by atoms with E-state index in [0.29, 0.717) is 26.2 Å². The van der Waals surface area contributed by atoms with Crippen LogP contribution < -0.4 is 15.1 Å². The van der Waals surface area contributed by atoms with E-state index >= 15 is 0 Å². The number of ether oxygens (including phenoxy) is 1. The topological polar surface area (TPSA) is 74.8 Å². The van der Waals surface area contributed by atoms with Crippen LogP contribution >= 0.6 is 0 Å². The minimum absolute atomic E-state index is 0.144. The first-order valence-corrected chi connectivity index (χ1v) is 7.19. The number of amides is 2. The fourth-order valence-corrected chi connectivity index (χ4v) is 2.29. The van der Waals surface area contributed by atoms with Crippen molar-refractivity contribution in [1.29, 1.82) is 0 Å². The van der Waals surface area contributed by atoms with Gasteiger partial charge in [-0.1, -0.05) is 6.08 Å². The Kier molecular flexibility index (Phi) is 5.35. The Hall–Kier alpha value is -2.57. The van der Waals surface area contributed by atoms with Crippen molar-refractivity contribution in [2.75, 3.05) is 42.6 Å². The second-order valence-corrected chi connectivity index (χ2v) is 4.70. The molecule has 7 nitrogen and oxygen atoms in total. The van der Waals surface area contributed by atoms with Crippen LogP contribution in [0.4, 0.5) is 16.3 Å². The Bertz CT molecular complexity index is 561. The van der Waals surface area contributed by atoms with Gasteiger partial charge in [-0.2, -0.15) is 0 Å². The number of anilines is 2. The van der Waals surface area contributed by atoms with E-state index in [9.17, 15) is 9.59 Å². The van der Waals surface area contributed by atoms with Gasteiger partial charge in [-0.25, -0.2) is 9.78 Å². The van der Waals surface area contributed by atoms with Crippen molar-refractivity contribution in [3.8, 4) is 0 Å². The van der Waals surface area contributed by atoms with Crippen LogP contribution in [-0.2, 0) is 9.53 Å². The summed E-state index contributed by atoms with van der Waals surface area (Å²) < 4.78 is 4.79. The monoisotopic (exact) mass is 304 g/mol. The van der Waals surface area contributed by atoms with Crippen LogP contribution in [0.15, 0.2) is 31.0 Å². The van der Waals surface area contributed by atoms with E-state index in [1.807, 2.05) is 6.07 Å². The van der Waals surface area contributed by atoms with Crippen molar-refractivity contribution < 1.29 is 14.3 Å². The predicted molar refractivity (Wildman–Crippen MR) is 84.0 cm³/mol. The van der Waals surface area contributed by atoms with Gasteiger partial charge in [-0.05, 0) is 19.1 Å². The van der Waals surface area contributed by atoms with Crippen molar-refractivity contribution in [2.45, 2.75) is 6.92 Å². The fraction of sp³-hybridized carbons (Fsp3) is 0.400. The van der Waals surface area contributed by atoms with Gasteiger partial charge in [0.25, 0.3) is 0 Å². The molecule has 0 aromatic carbocycles. The molecule has 0 aliphatic carbocycles. The number of hydrogen-bond acceptors (Lipinski definition) is 5. The lowest BCUT2D eigenvalue weighted by atomic mass is 10.2. The van der Waals surface area contributed by atoms with Crippen LogP contribution in [0.3, 0.4) is 0 Å². The summed E-state index contributed by atoms with van der Waals surface area (Å²) in [6.07, 6.45) is 3.49. The molecule has 0 unspecified atom stereocenters. The third kappa shape index (κ3) is 3.55. The summed E-state index contributed by atoms with van der Waals surface area (Å²) in [5, 5.41) is 2.57. The Balaban J connectivity index is 2.08. The number of nitrogens with zero attached hydrogens (tertiary/aromatic N) is 3. The maximum Gasteiger partial charge on any atom is 0.325 e. The molecule has 1 N–H and O–H groups in total. The van der Waals surface area contributed by atoms with Crippen LogP contribution in [0, 0.1) is 0 Å². The summed E-state index contributed by atoms with van der Waals surface area (Å²) in [7, 11) is 0. The van der Waals surface area contributed by atoms with Gasteiger partial charge in [0.15, 0.2) is 5.82 Å². The summed E-state index contributed by atoms with van der Waals surface area (Å²) in [5.74, 6) is 0.285. The number of nitrogens with one attached hydrogen (secondary N) is 1. The second-order valence-electron chi connectivity index (χ2n) is 4.70. The Morgan fingerprint density at radius 2 is 2.32 bits per heavy atom. The average Bonchev–Trinajstić information content (AvgIpc) is 2.53. The third-order valence-electron chi connectivity index (χ3n) is 3.23. The Labute approximate surface area is 129 Å². The van der Waals surface area contributed by atoms with Crippen molar-refractivity contribution in [3.05, 3.63) is 31.0 Å². The molecule has 1 aliphatic heterocycles. The molecule has 2 rings (SSSR count).